The predicted octanol–water partition coefficient (Wildman–Crippen LogP) is 4.45. The first-order valence-corrected chi connectivity index (χ1v) is 9.60. The van der Waals surface area contributed by atoms with Gasteiger partial charge in [-0.3, -0.25) is 4.98 Å². The lowest BCUT2D eigenvalue weighted by atomic mass is 9.75. The summed E-state index contributed by atoms with van der Waals surface area (Å²) in [7, 11) is -0.436. The monoisotopic (exact) mass is 360 g/mol. The van der Waals surface area contributed by atoms with Crippen molar-refractivity contribution in [2.45, 2.75) is 71.5 Å². The molecule has 1 saturated heterocycles. The van der Waals surface area contributed by atoms with Crippen molar-refractivity contribution in [1.29, 1.82) is 0 Å². The van der Waals surface area contributed by atoms with Crippen molar-refractivity contribution in [2.75, 3.05) is 0 Å². The van der Waals surface area contributed by atoms with Crippen molar-refractivity contribution in [2.24, 2.45) is 0 Å². The van der Waals surface area contributed by atoms with Crippen LogP contribution in [0.1, 0.15) is 59.1 Å². The third-order valence-electron chi connectivity index (χ3n) is 6.00. The van der Waals surface area contributed by atoms with Crippen LogP contribution in [0.15, 0.2) is 18.5 Å². The van der Waals surface area contributed by atoms with Crippen molar-refractivity contribution >= 4 is 35.0 Å². The van der Waals surface area contributed by atoms with Crippen LogP contribution in [0.2, 0.25) is 5.15 Å². The van der Waals surface area contributed by atoms with Gasteiger partial charge in [0.1, 0.15) is 5.15 Å². The molecule has 0 saturated carbocycles. The Morgan fingerprint density at radius 3 is 2.00 bits per heavy atom. The topological polar surface area (TPSA) is 44.2 Å². The first-order chi connectivity index (χ1) is 12.0. The normalized spacial score (nSPS) is 18.9. The molecule has 0 unspecified atom stereocenters. The number of pyridine rings is 2. The Kier molecular flexibility index (Phi) is 5.11. The van der Waals surface area contributed by atoms with Gasteiger partial charge in [-0.2, -0.15) is 0 Å². The second-order valence-electron chi connectivity index (χ2n) is 6.82. The van der Waals surface area contributed by atoms with Gasteiger partial charge < -0.3 is 9.31 Å². The third kappa shape index (κ3) is 2.77. The van der Waals surface area contributed by atoms with Crippen LogP contribution in [0.4, 0.5) is 0 Å². The minimum atomic E-state index is -0.436. The van der Waals surface area contributed by atoms with E-state index in [9.17, 15) is 0 Å². The van der Waals surface area contributed by atoms with Gasteiger partial charge in [0.05, 0.1) is 11.2 Å². The maximum Gasteiger partial charge on any atom is 0.497 e. The van der Waals surface area contributed by atoms with Crippen molar-refractivity contribution in [3.8, 4) is 0 Å². The Labute approximate surface area is 155 Å². The Balaban J connectivity index is 2.14. The molecule has 0 aromatic carbocycles. The maximum atomic E-state index is 6.59. The summed E-state index contributed by atoms with van der Waals surface area (Å²) in [5, 5.41) is 2.45. The molecule has 3 heterocycles. The number of aryl methyl sites for hydroxylation is 1. The van der Waals surface area contributed by atoms with Crippen LogP contribution >= 0.6 is 11.6 Å². The van der Waals surface area contributed by atoms with E-state index >= 15 is 0 Å². The van der Waals surface area contributed by atoms with E-state index in [-0.39, 0.29) is 11.2 Å². The van der Waals surface area contributed by atoms with Gasteiger partial charge in [0.15, 0.2) is 0 Å². The number of halogens is 1. The van der Waals surface area contributed by atoms with E-state index in [1.54, 1.807) is 6.20 Å². The summed E-state index contributed by atoms with van der Waals surface area (Å²) in [6.07, 6.45) is 7.30. The van der Waals surface area contributed by atoms with Crippen LogP contribution in [0, 0.1) is 6.92 Å². The minimum Gasteiger partial charge on any atom is -0.399 e. The summed E-state index contributed by atoms with van der Waals surface area (Å²) in [4.78, 5) is 8.74. The van der Waals surface area contributed by atoms with Gasteiger partial charge in [0.2, 0.25) is 0 Å². The lowest BCUT2D eigenvalue weighted by Crippen LogP contribution is -2.50. The molecule has 0 bridgehead atoms. The van der Waals surface area contributed by atoms with Crippen LogP contribution < -0.4 is 5.46 Å². The zero-order chi connectivity index (χ0) is 18.2. The highest BCUT2D eigenvalue weighted by molar-refractivity contribution is 6.65. The van der Waals surface area contributed by atoms with Gasteiger partial charge in [0.25, 0.3) is 0 Å². The second-order valence-corrected chi connectivity index (χ2v) is 7.21. The fourth-order valence-corrected chi connectivity index (χ4v) is 4.51. The van der Waals surface area contributed by atoms with Crippen LogP contribution in [0.3, 0.4) is 0 Å². The highest BCUT2D eigenvalue weighted by atomic mass is 35.5. The van der Waals surface area contributed by atoms with Gasteiger partial charge >= 0.3 is 7.12 Å². The molecule has 1 aliphatic heterocycles. The van der Waals surface area contributed by atoms with Crippen molar-refractivity contribution in [1.82, 2.24) is 9.97 Å². The second kappa shape index (κ2) is 6.86. The van der Waals surface area contributed by atoms with E-state index < -0.39 is 7.12 Å². The maximum absolute atomic E-state index is 6.59. The largest absolute Gasteiger partial charge is 0.497 e. The van der Waals surface area contributed by atoms with Gasteiger partial charge in [-0.1, -0.05) is 39.3 Å². The van der Waals surface area contributed by atoms with E-state index in [0.717, 1.165) is 47.6 Å². The summed E-state index contributed by atoms with van der Waals surface area (Å²) in [6, 6.07) is 1.88. The molecule has 0 atom stereocenters. The molecular formula is C19H26BClN2O2. The van der Waals surface area contributed by atoms with Gasteiger partial charge in [0, 0.05) is 28.9 Å². The van der Waals surface area contributed by atoms with E-state index in [4.69, 9.17) is 20.9 Å². The number of fused-ring (bicyclic) bond motifs is 1. The van der Waals surface area contributed by atoms with Crippen molar-refractivity contribution in [3.05, 3.63) is 29.3 Å². The minimum absolute atomic E-state index is 0.283. The number of aromatic nitrogens is 2. The van der Waals surface area contributed by atoms with Crippen LogP contribution in [-0.2, 0) is 9.31 Å². The fourth-order valence-electron chi connectivity index (χ4n) is 4.35. The molecule has 134 valence electrons. The van der Waals surface area contributed by atoms with Crippen molar-refractivity contribution in [3.63, 3.8) is 0 Å². The van der Waals surface area contributed by atoms with E-state index in [2.05, 4.69) is 37.7 Å². The van der Waals surface area contributed by atoms with Crippen molar-refractivity contribution < 1.29 is 9.31 Å². The molecule has 6 heteroatoms. The molecular weight excluding hydrogens is 334 g/mol. The Hall–Kier alpha value is -1.17. The molecule has 1 fully saturated rings. The standard InChI is InChI=1S/C19H26BClN2O2/c1-6-18(7-2)19(8-3,9-4)25-20(24-18)16-12-22-13(5)15-11-23-17(21)10-14(15)16/h10-12H,6-9H2,1-5H3. The molecule has 2 aromatic rings. The summed E-state index contributed by atoms with van der Waals surface area (Å²) in [6.45, 7) is 10.7. The molecule has 0 N–H and O–H groups in total. The molecule has 0 amide bonds. The van der Waals surface area contributed by atoms with Crippen LogP contribution in [-0.4, -0.2) is 28.3 Å². The highest BCUT2D eigenvalue weighted by Gasteiger charge is 2.58. The first-order valence-electron chi connectivity index (χ1n) is 9.22. The quantitative estimate of drug-likeness (QED) is 0.583. The number of hydrogen-bond acceptors (Lipinski definition) is 4. The van der Waals surface area contributed by atoms with Crippen LogP contribution in [0.25, 0.3) is 10.8 Å². The summed E-state index contributed by atoms with van der Waals surface area (Å²) in [5.74, 6) is 0. The molecule has 0 aliphatic carbocycles. The Morgan fingerprint density at radius 2 is 1.48 bits per heavy atom. The Bertz CT molecular complexity index is 755. The molecule has 25 heavy (non-hydrogen) atoms. The molecule has 2 aromatic heterocycles. The van der Waals surface area contributed by atoms with E-state index in [1.807, 2.05) is 19.2 Å². The SMILES string of the molecule is CCC1(CC)OB(c2cnc(C)c3cnc(Cl)cc23)OC1(CC)CC. The summed E-state index contributed by atoms with van der Waals surface area (Å²) < 4.78 is 13.2. The lowest BCUT2D eigenvalue weighted by Gasteiger charge is -2.42. The third-order valence-corrected chi connectivity index (χ3v) is 6.21. The Morgan fingerprint density at radius 1 is 0.920 bits per heavy atom. The summed E-state index contributed by atoms with van der Waals surface area (Å²) >= 11 is 6.16. The van der Waals surface area contributed by atoms with E-state index in [0.29, 0.717) is 5.15 Å². The lowest BCUT2D eigenvalue weighted by molar-refractivity contribution is -0.0601. The molecule has 0 radical (unpaired) electrons. The van der Waals surface area contributed by atoms with Crippen LogP contribution in [0.5, 0.6) is 0 Å². The predicted molar refractivity (Wildman–Crippen MR) is 103 cm³/mol. The van der Waals surface area contributed by atoms with E-state index in [1.165, 1.54) is 0 Å². The zero-order valence-electron chi connectivity index (χ0n) is 15.7. The molecule has 4 nitrogen and oxygen atoms in total. The zero-order valence-corrected chi connectivity index (χ0v) is 16.5. The first kappa shape index (κ1) is 18.6. The number of rotatable bonds is 5. The smallest absolute Gasteiger partial charge is 0.399 e. The van der Waals surface area contributed by atoms with Gasteiger partial charge in [-0.25, -0.2) is 4.98 Å². The molecule has 1 aliphatic rings. The highest BCUT2D eigenvalue weighted by Crippen LogP contribution is 2.47. The summed E-state index contributed by atoms with van der Waals surface area (Å²) in [5.41, 5.74) is 1.29. The molecule has 0 spiro atoms. The van der Waals surface area contributed by atoms with Gasteiger partial charge in [-0.05, 0) is 44.1 Å². The fraction of sp³-hybridized carbons (Fsp3) is 0.579. The molecule has 3 rings (SSSR count). The average molecular weight is 361 g/mol. The number of hydrogen-bond donors (Lipinski definition) is 0. The van der Waals surface area contributed by atoms with Gasteiger partial charge in [-0.15, -0.1) is 0 Å². The average Bonchev–Trinajstić information content (AvgIpc) is 2.97. The number of nitrogens with zero attached hydrogens (tertiary/aromatic N) is 2.